The lowest BCUT2D eigenvalue weighted by Gasteiger charge is -2.31. The van der Waals surface area contributed by atoms with Crippen LogP contribution >= 0.6 is 11.6 Å². The lowest BCUT2D eigenvalue weighted by atomic mass is 9.86. The Kier molecular flexibility index (Phi) is 9.33. The Bertz CT molecular complexity index is 883. The molecule has 32 heavy (non-hydrogen) atoms. The Morgan fingerprint density at radius 3 is 2.03 bits per heavy atom. The first-order valence-electron chi connectivity index (χ1n) is 11.4. The second kappa shape index (κ2) is 11.5. The fourth-order valence-corrected chi connectivity index (χ4v) is 3.78. The molecule has 4 nitrogen and oxygen atoms in total. The van der Waals surface area contributed by atoms with Crippen molar-refractivity contribution in [3.8, 4) is 0 Å². The zero-order chi connectivity index (χ0) is 23.9. The molecule has 1 atom stereocenters. The highest BCUT2D eigenvalue weighted by Crippen LogP contribution is 2.23. The van der Waals surface area contributed by atoms with E-state index in [0.717, 1.165) is 11.1 Å². The summed E-state index contributed by atoms with van der Waals surface area (Å²) >= 11 is 6.02. The molecule has 1 N–H and O–H groups in total. The van der Waals surface area contributed by atoms with Crippen LogP contribution in [0.5, 0.6) is 0 Å². The molecule has 2 amide bonds. The van der Waals surface area contributed by atoms with Crippen molar-refractivity contribution in [1.29, 1.82) is 0 Å². The summed E-state index contributed by atoms with van der Waals surface area (Å²) in [6, 6.07) is 15.4. The molecule has 174 valence electrons. The zero-order valence-electron chi connectivity index (χ0n) is 20.2. The standard InChI is InChI=1S/C27H37ClN2O2/c1-7-24(26(32)29-19(2)3)30(18-21-10-15-23(28)16-11-21)25(31)17-12-20-8-13-22(14-9-20)27(4,5)6/h8-11,13-16,19,24H,7,12,17-18H2,1-6H3,(H,29,32)/t24-/m1/s1. The minimum atomic E-state index is -0.510. The molecule has 0 saturated carbocycles. The van der Waals surface area contributed by atoms with Crippen molar-refractivity contribution in [3.63, 3.8) is 0 Å². The van der Waals surface area contributed by atoms with Crippen molar-refractivity contribution in [2.45, 2.75) is 84.8 Å². The second-order valence-corrected chi connectivity index (χ2v) is 10.1. The molecule has 2 aromatic carbocycles. The first-order chi connectivity index (χ1) is 15.0. The molecule has 0 spiro atoms. The van der Waals surface area contributed by atoms with Crippen LogP contribution in [0.2, 0.25) is 5.02 Å². The number of nitrogens with zero attached hydrogens (tertiary/aromatic N) is 1. The third kappa shape index (κ3) is 7.67. The van der Waals surface area contributed by atoms with Gasteiger partial charge >= 0.3 is 0 Å². The predicted octanol–water partition coefficient (Wildman–Crippen LogP) is 5.90. The molecule has 0 bridgehead atoms. The fraction of sp³-hybridized carbons (Fsp3) is 0.481. The van der Waals surface area contributed by atoms with Crippen LogP contribution in [0, 0.1) is 0 Å². The van der Waals surface area contributed by atoms with Crippen LogP contribution < -0.4 is 5.32 Å². The van der Waals surface area contributed by atoms with Crippen LogP contribution in [0.1, 0.15) is 71.1 Å². The van der Waals surface area contributed by atoms with E-state index < -0.39 is 6.04 Å². The van der Waals surface area contributed by atoms with Crippen molar-refractivity contribution < 1.29 is 9.59 Å². The van der Waals surface area contributed by atoms with Crippen LogP contribution in [0.25, 0.3) is 0 Å². The van der Waals surface area contributed by atoms with E-state index in [-0.39, 0.29) is 23.3 Å². The van der Waals surface area contributed by atoms with E-state index in [2.05, 4.69) is 50.4 Å². The normalized spacial score (nSPS) is 12.5. The van der Waals surface area contributed by atoms with E-state index in [0.29, 0.717) is 30.8 Å². The van der Waals surface area contributed by atoms with Gasteiger partial charge in [0.25, 0.3) is 0 Å². The smallest absolute Gasteiger partial charge is 0.243 e. The average Bonchev–Trinajstić information content (AvgIpc) is 2.72. The highest BCUT2D eigenvalue weighted by atomic mass is 35.5. The van der Waals surface area contributed by atoms with Gasteiger partial charge in [0.15, 0.2) is 0 Å². The lowest BCUT2D eigenvalue weighted by molar-refractivity contribution is -0.141. The summed E-state index contributed by atoms with van der Waals surface area (Å²) in [4.78, 5) is 27.9. The van der Waals surface area contributed by atoms with Gasteiger partial charge in [-0.05, 0) is 60.9 Å². The minimum absolute atomic E-state index is 0.0189. The van der Waals surface area contributed by atoms with Crippen molar-refractivity contribution in [2.75, 3.05) is 0 Å². The molecule has 0 aromatic heterocycles. The summed E-state index contributed by atoms with van der Waals surface area (Å²) in [5, 5.41) is 3.61. The van der Waals surface area contributed by atoms with Crippen molar-refractivity contribution >= 4 is 23.4 Å². The van der Waals surface area contributed by atoms with Crippen LogP contribution in [-0.2, 0) is 28.0 Å². The first-order valence-corrected chi connectivity index (χ1v) is 11.8. The van der Waals surface area contributed by atoms with Gasteiger partial charge in [-0.2, -0.15) is 0 Å². The number of amides is 2. The molecule has 0 aliphatic heterocycles. The highest BCUT2D eigenvalue weighted by Gasteiger charge is 2.28. The van der Waals surface area contributed by atoms with E-state index in [1.165, 1.54) is 5.56 Å². The number of hydrogen-bond acceptors (Lipinski definition) is 2. The quantitative estimate of drug-likeness (QED) is 0.510. The largest absolute Gasteiger partial charge is 0.352 e. The minimum Gasteiger partial charge on any atom is -0.352 e. The van der Waals surface area contributed by atoms with Crippen molar-refractivity contribution in [2.24, 2.45) is 0 Å². The Morgan fingerprint density at radius 1 is 0.969 bits per heavy atom. The van der Waals surface area contributed by atoms with Gasteiger partial charge in [0.1, 0.15) is 6.04 Å². The molecule has 2 rings (SSSR count). The van der Waals surface area contributed by atoms with Gasteiger partial charge in [0, 0.05) is 24.0 Å². The molecule has 0 saturated heterocycles. The van der Waals surface area contributed by atoms with Crippen LogP contribution in [0.4, 0.5) is 0 Å². The number of halogens is 1. The SMILES string of the molecule is CC[C@H](C(=O)NC(C)C)N(Cc1ccc(Cl)cc1)C(=O)CCc1ccc(C(C)(C)C)cc1. The maximum atomic E-state index is 13.3. The highest BCUT2D eigenvalue weighted by molar-refractivity contribution is 6.30. The number of carbonyl (C=O) groups is 2. The van der Waals surface area contributed by atoms with Gasteiger partial charge in [0.2, 0.25) is 11.8 Å². The zero-order valence-corrected chi connectivity index (χ0v) is 21.0. The number of aryl methyl sites for hydroxylation is 1. The molecule has 2 aromatic rings. The van der Waals surface area contributed by atoms with Crippen LogP contribution in [-0.4, -0.2) is 28.8 Å². The van der Waals surface area contributed by atoms with Crippen molar-refractivity contribution in [3.05, 3.63) is 70.2 Å². The fourth-order valence-electron chi connectivity index (χ4n) is 3.65. The number of hydrogen-bond donors (Lipinski definition) is 1. The Hall–Kier alpha value is -2.33. The van der Waals surface area contributed by atoms with Gasteiger partial charge in [-0.15, -0.1) is 0 Å². The molecular weight excluding hydrogens is 420 g/mol. The topological polar surface area (TPSA) is 49.4 Å². The van der Waals surface area contributed by atoms with E-state index in [9.17, 15) is 9.59 Å². The number of carbonyl (C=O) groups excluding carboxylic acids is 2. The van der Waals surface area contributed by atoms with Gasteiger partial charge in [-0.1, -0.05) is 75.7 Å². The third-order valence-corrected chi connectivity index (χ3v) is 5.78. The molecule has 0 radical (unpaired) electrons. The molecule has 0 unspecified atom stereocenters. The summed E-state index contributed by atoms with van der Waals surface area (Å²) in [7, 11) is 0. The number of rotatable bonds is 9. The first kappa shape index (κ1) is 25.9. The second-order valence-electron chi connectivity index (χ2n) is 9.68. The van der Waals surface area contributed by atoms with Crippen molar-refractivity contribution in [1.82, 2.24) is 10.2 Å². The van der Waals surface area contributed by atoms with Gasteiger partial charge < -0.3 is 10.2 Å². The molecule has 0 heterocycles. The number of benzene rings is 2. The van der Waals surface area contributed by atoms with Gasteiger partial charge in [-0.25, -0.2) is 0 Å². The van der Waals surface area contributed by atoms with E-state index in [1.807, 2.05) is 45.0 Å². The Labute approximate surface area is 198 Å². The number of nitrogens with one attached hydrogen (secondary N) is 1. The molecule has 0 aliphatic rings. The summed E-state index contributed by atoms with van der Waals surface area (Å²) in [5.41, 5.74) is 3.45. The van der Waals surface area contributed by atoms with Gasteiger partial charge in [0.05, 0.1) is 0 Å². The maximum Gasteiger partial charge on any atom is 0.243 e. The molecule has 0 fully saturated rings. The predicted molar refractivity (Wildman–Crippen MR) is 133 cm³/mol. The molecular formula is C27H37ClN2O2. The Morgan fingerprint density at radius 2 is 1.53 bits per heavy atom. The monoisotopic (exact) mass is 456 g/mol. The summed E-state index contributed by atoms with van der Waals surface area (Å²) < 4.78 is 0. The maximum absolute atomic E-state index is 13.3. The average molecular weight is 457 g/mol. The van der Waals surface area contributed by atoms with E-state index in [4.69, 9.17) is 11.6 Å². The lowest BCUT2D eigenvalue weighted by Crippen LogP contribution is -2.50. The molecule has 0 aliphatic carbocycles. The Balaban J connectivity index is 2.18. The van der Waals surface area contributed by atoms with Gasteiger partial charge in [-0.3, -0.25) is 9.59 Å². The van der Waals surface area contributed by atoms with E-state index >= 15 is 0 Å². The summed E-state index contributed by atoms with van der Waals surface area (Å²) in [5.74, 6) is -0.134. The third-order valence-electron chi connectivity index (χ3n) is 5.53. The van der Waals surface area contributed by atoms with E-state index in [1.54, 1.807) is 4.90 Å². The summed E-state index contributed by atoms with van der Waals surface area (Å²) in [6.07, 6.45) is 1.55. The van der Waals surface area contributed by atoms with Crippen LogP contribution in [0.3, 0.4) is 0 Å². The summed E-state index contributed by atoms with van der Waals surface area (Å²) in [6.45, 7) is 12.7. The molecule has 5 heteroatoms. The van der Waals surface area contributed by atoms with Crippen LogP contribution in [0.15, 0.2) is 48.5 Å².